The minimum Gasteiger partial charge on any atom is -0.337 e. The molecule has 0 unspecified atom stereocenters. The van der Waals surface area contributed by atoms with Crippen molar-refractivity contribution in [2.75, 3.05) is 13.1 Å². The molecule has 3 heterocycles. The van der Waals surface area contributed by atoms with Crippen molar-refractivity contribution in [3.63, 3.8) is 0 Å². The number of likely N-dealkylation sites (tertiary alicyclic amines) is 1. The molecule has 108 valence electrons. The fourth-order valence-corrected chi connectivity index (χ4v) is 2.52. The Morgan fingerprint density at radius 1 is 1.19 bits per heavy atom. The molecule has 1 saturated heterocycles. The van der Waals surface area contributed by atoms with Crippen LogP contribution < -0.4 is 0 Å². The van der Waals surface area contributed by atoms with Gasteiger partial charge in [0.25, 0.3) is 5.91 Å². The zero-order valence-corrected chi connectivity index (χ0v) is 12.1. The van der Waals surface area contributed by atoms with Gasteiger partial charge in [0.2, 0.25) is 0 Å². The lowest BCUT2D eigenvalue weighted by Crippen LogP contribution is -2.38. The van der Waals surface area contributed by atoms with Gasteiger partial charge in [-0.05, 0) is 30.9 Å². The number of carbonyl (C=O) groups excluding carboxylic acids is 1. The maximum absolute atomic E-state index is 12.5. The van der Waals surface area contributed by atoms with E-state index in [-0.39, 0.29) is 5.91 Å². The first-order valence-electron chi connectivity index (χ1n) is 7.26. The molecule has 2 aromatic heterocycles. The second-order valence-electron chi connectivity index (χ2n) is 5.51. The zero-order chi connectivity index (χ0) is 14.7. The number of piperidine rings is 1. The number of rotatable bonds is 2. The largest absolute Gasteiger partial charge is 0.337 e. The lowest BCUT2D eigenvalue weighted by Gasteiger charge is -2.30. The standard InChI is InChI=1S/C16H18N4O/c1-12-5-7-20(8-6-12)16(21)15-4-2-3-14(19-15)13-9-17-11-18-10-13/h2-4,9-12H,5-8H2,1H3. The first-order chi connectivity index (χ1) is 10.2. The average molecular weight is 282 g/mol. The van der Waals surface area contributed by atoms with Gasteiger partial charge in [-0.25, -0.2) is 15.0 Å². The van der Waals surface area contributed by atoms with Gasteiger partial charge in [0.15, 0.2) is 0 Å². The molecule has 2 aromatic rings. The molecule has 0 radical (unpaired) electrons. The molecule has 5 nitrogen and oxygen atoms in total. The first-order valence-corrected chi connectivity index (χ1v) is 7.26. The summed E-state index contributed by atoms with van der Waals surface area (Å²) in [5.41, 5.74) is 2.04. The molecule has 0 atom stereocenters. The van der Waals surface area contributed by atoms with Gasteiger partial charge in [0.1, 0.15) is 12.0 Å². The minimum absolute atomic E-state index is 0.0144. The van der Waals surface area contributed by atoms with Gasteiger partial charge >= 0.3 is 0 Å². The van der Waals surface area contributed by atoms with Crippen LogP contribution in [0, 0.1) is 5.92 Å². The summed E-state index contributed by atoms with van der Waals surface area (Å²) in [6.07, 6.45) is 7.02. The van der Waals surface area contributed by atoms with Crippen LogP contribution in [0.4, 0.5) is 0 Å². The Morgan fingerprint density at radius 3 is 2.62 bits per heavy atom. The van der Waals surface area contributed by atoms with E-state index in [1.54, 1.807) is 18.5 Å². The molecule has 0 aromatic carbocycles. The van der Waals surface area contributed by atoms with Crippen molar-refractivity contribution >= 4 is 5.91 Å². The van der Waals surface area contributed by atoms with Gasteiger partial charge in [0.05, 0.1) is 5.69 Å². The summed E-state index contributed by atoms with van der Waals surface area (Å²) < 4.78 is 0. The number of nitrogens with zero attached hydrogens (tertiary/aromatic N) is 4. The smallest absolute Gasteiger partial charge is 0.272 e. The van der Waals surface area contributed by atoms with Gasteiger partial charge in [-0.2, -0.15) is 0 Å². The SMILES string of the molecule is CC1CCN(C(=O)c2cccc(-c3cncnc3)n2)CC1. The third-order valence-electron chi connectivity index (χ3n) is 3.90. The predicted molar refractivity (Wildman–Crippen MR) is 79.6 cm³/mol. The Balaban J connectivity index is 1.81. The highest BCUT2D eigenvalue weighted by atomic mass is 16.2. The summed E-state index contributed by atoms with van der Waals surface area (Å²) in [7, 11) is 0. The van der Waals surface area contributed by atoms with Crippen LogP contribution in [-0.2, 0) is 0 Å². The van der Waals surface area contributed by atoms with Crippen LogP contribution in [0.5, 0.6) is 0 Å². The number of pyridine rings is 1. The van der Waals surface area contributed by atoms with Crippen LogP contribution in [0.2, 0.25) is 0 Å². The first kappa shape index (κ1) is 13.7. The van der Waals surface area contributed by atoms with Crippen LogP contribution in [0.25, 0.3) is 11.3 Å². The maximum atomic E-state index is 12.5. The molecular formula is C16H18N4O. The van der Waals surface area contributed by atoms with E-state index >= 15 is 0 Å². The normalized spacial score (nSPS) is 16.0. The fraction of sp³-hybridized carbons (Fsp3) is 0.375. The fourth-order valence-electron chi connectivity index (χ4n) is 2.52. The molecule has 1 fully saturated rings. The number of carbonyl (C=O) groups is 1. The summed E-state index contributed by atoms with van der Waals surface area (Å²) in [6, 6.07) is 5.50. The lowest BCUT2D eigenvalue weighted by atomic mass is 9.99. The Labute approximate surface area is 124 Å². The summed E-state index contributed by atoms with van der Waals surface area (Å²) in [4.78, 5) is 26.9. The van der Waals surface area contributed by atoms with Crippen molar-refractivity contribution in [3.8, 4) is 11.3 Å². The van der Waals surface area contributed by atoms with Crippen LogP contribution >= 0.6 is 0 Å². The molecule has 21 heavy (non-hydrogen) atoms. The van der Waals surface area contributed by atoms with E-state index in [9.17, 15) is 4.79 Å². The van der Waals surface area contributed by atoms with Crippen molar-refractivity contribution in [1.82, 2.24) is 19.9 Å². The maximum Gasteiger partial charge on any atom is 0.272 e. The number of amides is 1. The molecule has 0 spiro atoms. The van der Waals surface area contributed by atoms with E-state index in [1.165, 1.54) is 6.33 Å². The van der Waals surface area contributed by atoms with Crippen LogP contribution in [0.3, 0.4) is 0 Å². The van der Waals surface area contributed by atoms with Crippen LogP contribution in [0.1, 0.15) is 30.3 Å². The molecule has 1 aliphatic heterocycles. The predicted octanol–water partition coefficient (Wildman–Crippen LogP) is 2.41. The van der Waals surface area contributed by atoms with Gasteiger partial charge in [-0.15, -0.1) is 0 Å². The molecule has 0 bridgehead atoms. The molecule has 0 saturated carbocycles. The minimum atomic E-state index is 0.0144. The zero-order valence-electron chi connectivity index (χ0n) is 12.1. The van der Waals surface area contributed by atoms with Crippen molar-refractivity contribution in [1.29, 1.82) is 0 Å². The summed E-state index contributed by atoms with van der Waals surface area (Å²) in [6.45, 7) is 3.87. The highest BCUT2D eigenvalue weighted by molar-refractivity contribution is 5.92. The van der Waals surface area contributed by atoms with Gasteiger partial charge < -0.3 is 4.90 Å². The van der Waals surface area contributed by atoms with E-state index in [4.69, 9.17) is 0 Å². The third-order valence-corrected chi connectivity index (χ3v) is 3.90. The van der Waals surface area contributed by atoms with Crippen molar-refractivity contribution < 1.29 is 4.79 Å². The number of hydrogen-bond acceptors (Lipinski definition) is 4. The molecule has 1 amide bonds. The van der Waals surface area contributed by atoms with E-state index in [2.05, 4.69) is 21.9 Å². The second kappa shape index (κ2) is 5.99. The van der Waals surface area contributed by atoms with Gasteiger partial charge in [-0.3, -0.25) is 4.79 Å². The summed E-state index contributed by atoms with van der Waals surface area (Å²) in [5, 5.41) is 0. The van der Waals surface area contributed by atoms with E-state index in [1.807, 2.05) is 17.0 Å². The Bertz CT molecular complexity index is 621. The summed E-state index contributed by atoms with van der Waals surface area (Å²) >= 11 is 0. The van der Waals surface area contributed by atoms with Gasteiger partial charge in [0, 0.05) is 31.0 Å². The topological polar surface area (TPSA) is 59.0 Å². The van der Waals surface area contributed by atoms with E-state index in [0.717, 1.165) is 37.2 Å². The van der Waals surface area contributed by atoms with Crippen LogP contribution in [-0.4, -0.2) is 38.8 Å². The lowest BCUT2D eigenvalue weighted by molar-refractivity contribution is 0.0691. The highest BCUT2D eigenvalue weighted by Gasteiger charge is 2.22. The number of hydrogen-bond donors (Lipinski definition) is 0. The molecule has 5 heteroatoms. The summed E-state index contributed by atoms with van der Waals surface area (Å²) in [5.74, 6) is 0.718. The second-order valence-corrected chi connectivity index (χ2v) is 5.51. The van der Waals surface area contributed by atoms with Crippen molar-refractivity contribution in [3.05, 3.63) is 42.6 Å². The monoisotopic (exact) mass is 282 g/mol. The molecule has 0 aliphatic carbocycles. The average Bonchev–Trinajstić information content (AvgIpc) is 2.56. The quantitative estimate of drug-likeness (QED) is 0.848. The Hall–Kier alpha value is -2.30. The van der Waals surface area contributed by atoms with Gasteiger partial charge in [-0.1, -0.05) is 13.0 Å². The molecule has 3 rings (SSSR count). The third kappa shape index (κ3) is 3.07. The Kier molecular flexibility index (Phi) is 3.90. The molecule has 1 aliphatic rings. The molecule has 0 N–H and O–H groups in total. The highest BCUT2D eigenvalue weighted by Crippen LogP contribution is 2.19. The van der Waals surface area contributed by atoms with Crippen LogP contribution in [0.15, 0.2) is 36.9 Å². The van der Waals surface area contributed by atoms with E-state index < -0.39 is 0 Å². The Morgan fingerprint density at radius 2 is 1.90 bits per heavy atom. The van der Waals surface area contributed by atoms with E-state index in [0.29, 0.717) is 11.6 Å². The van der Waals surface area contributed by atoms with Crippen molar-refractivity contribution in [2.24, 2.45) is 5.92 Å². The van der Waals surface area contributed by atoms with Crippen molar-refractivity contribution in [2.45, 2.75) is 19.8 Å². The molecular weight excluding hydrogens is 264 g/mol. The number of aromatic nitrogens is 3.